The SMILES string of the molecule is CCC.CCCC(CC)Oc1ccc(C2=C(c3ccc(C)cc3F)CSc3cc(O)ccc32)cc1. The van der Waals surface area contributed by atoms with E-state index in [0.717, 1.165) is 57.7 Å². The van der Waals surface area contributed by atoms with Crippen molar-refractivity contribution in [1.82, 2.24) is 0 Å². The molecule has 4 rings (SSSR count). The quantitative estimate of drug-likeness (QED) is 0.356. The van der Waals surface area contributed by atoms with Gasteiger partial charge in [-0.2, -0.15) is 0 Å². The maximum absolute atomic E-state index is 15.0. The molecule has 1 unspecified atom stereocenters. The molecule has 3 aromatic rings. The van der Waals surface area contributed by atoms with Crippen LogP contribution in [0.15, 0.2) is 65.6 Å². The van der Waals surface area contributed by atoms with Crippen molar-refractivity contribution in [2.45, 2.75) is 71.3 Å². The Kier molecular flexibility index (Phi) is 9.85. The van der Waals surface area contributed by atoms with Crippen molar-refractivity contribution in [1.29, 1.82) is 0 Å². The van der Waals surface area contributed by atoms with Gasteiger partial charge in [-0.05, 0) is 84.0 Å². The first-order chi connectivity index (χ1) is 16.9. The molecular weight excluding hydrogens is 455 g/mol. The molecule has 1 aliphatic rings. The topological polar surface area (TPSA) is 29.5 Å². The Bertz CT molecular complexity index is 1150. The third-order valence-corrected chi connectivity index (χ3v) is 6.95. The van der Waals surface area contributed by atoms with Gasteiger partial charge >= 0.3 is 0 Å². The van der Waals surface area contributed by atoms with Crippen LogP contribution in [0.1, 0.15) is 75.6 Å². The van der Waals surface area contributed by atoms with Gasteiger partial charge in [0.25, 0.3) is 0 Å². The molecule has 0 radical (unpaired) electrons. The van der Waals surface area contributed by atoms with E-state index in [-0.39, 0.29) is 17.7 Å². The van der Waals surface area contributed by atoms with Gasteiger partial charge in [0, 0.05) is 16.2 Å². The van der Waals surface area contributed by atoms with Crippen LogP contribution in [0, 0.1) is 12.7 Å². The molecule has 0 saturated carbocycles. The summed E-state index contributed by atoms with van der Waals surface area (Å²) in [5.41, 5.74) is 5.54. The first kappa shape index (κ1) is 26.9. The van der Waals surface area contributed by atoms with Crippen LogP contribution in [0.5, 0.6) is 11.5 Å². The van der Waals surface area contributed by atoms with Crippen LogP contribution in [-0.4, -0.2) is 17.0 Å². The van der Waals surface area contributed by atoms with E-state index in [1.54, 1.807) is 30.0 Å². The highest BCUT2D eigenvalue weighted by atomic mass is 32.2. The number of aromatic hydroxyl groups is 1. The highest BCUT2D eigenvalue weighted by Crippen LogP contribution is 2.46. The zero-order chi connectivity index (χ0) is 25.4. The van der Waals surface area contributed by atoms with Crippen molar-refractivity contribution in [3.05, 3.63) is 88.7 Å². The second-order valence-corrected chi connectivity index (χ2v) is 9.99. The van der Waals surface area contributed by atoms with Crippen LogP contribution in [0.3, 0.4) is 0 Å². The molecular formula is C31H37FO2S. The average Bonchev–Trinajstić information content (AvgIpc) is 2.84. The molecule has 0 aliphatic carbocycles. The highest BCUT2D eigenvalue weighted by molar-refractivity contribution is 7.99. The molecule has 0 bridgehead atoms. The fourth-order valence-corrected chi connectivity index (χ4v) is 5.32. The molecule has 2 nitrogen and oxygen atoms in total. The Morgan fingerprint density at radius 3 is 2.26 bits per heavy atom. The van der Waals surface area contributed by atoms with E-state index in [0.29, 0.717) is 11.3 Å². The Morgan fingerprint density at radius 2 is 1.63 bits per heavy atom. The maximum Gasteiger partial charge on any atom is 0.131 e. The van der Waals surface area contributed by atoms with Crippen molar-refractivity contribution in [3.63, 3.8) is 0 Å². The van der Waals surface area contributed by atoms with Gasteiger partial charge in [0.05, 0.1) is 6.10 Å². The third kappa shape index (κ3) is 6.70. The molecule has 186 valence electrons. The number of ether oxygens (including phenoxy) is 1. The summed E-state index contributed by atoms with van der Waals surface area (Å²) >= 11 is 1.63. The molecule has 0 spiro atoms. The predicted octanol–water partition coefficient (Wildman–Crippen LogP) is 9.28. The van der Waals surface area contributed by atoms with Crippen molar-refractivity contribution in [3.8, 4) is 11.5 Å². The number of phenols is 1. The molecule has 0 saturated heterocycles. The summed E-state index contributed by atoms with van der Waals surface area (Å²) in [5.74, 6) is 1.53. The van der Waals surface area contributed by atoms with Crippen molar-refractivity contribution < 1.29 is 14.2 Å². The van der Waals surface area contributed by atoms with E-state index >= 15 is 0 Å². The molecule has 1 aliphatic heterocycles. The van der Waals surface area contributed by atoms with Gasteiger partial charge in [-0.1, -0.05) is 64.8 Å². The molecule has 1 atom stereocenters. The number of aryl methyl sites for hydroxylation is 1. The zero-order valence-electron chi connectivity index (χ0n) is 21.5. The summed E-state index contributed by atoms with van der Waals surface area (Å²) in [4.78, 5) is 1.01. The lowest BCUT2D eigenvalue weighted by Crippen LogP contribution is -2.14. The molecule has 35 heavy (non-hydrogen) atoms. The number of thioether (sulfide) groups is 1. The summed E-state index contributed by atoms with van der Waals surface area (Å²) < 4.78 is 21.1. The normalized spacial score (nSPS) is 13.5. The number of hydrogen-bond donors (Lipinski definition) is 1. The van der Waals surface area contributed by atoms with Crippen LogP contribution < -0.4 is 4.74 Å². The smallest absolute Gasteiger partial charge is 0.131 e. The molecule has 1 heterocycles. The number of hydrogen-bond acceptors (Lipinski definition) is 3. The van der Waals surface area contributed by atoms with Gasteiger partial charge in [-0.15, -0.1) is 11.8 Å². The summed E-state index contributed by atoms with van der Waals surface area (Å²) in [6.45, 7) is 10.5. The average molecular weight is 493 g/mol. The van der Waals surface area contributed by atoms with Gasteiger partial charge in [0.2, 0.25) is 0 Å². The largest absolute Gasteiger partial charge is 0.508 e. The second kappa shape index (κ2) is 12.8. The number of benzene rings is 3. The van der Waals surface area contributed by atoms with Gasteiger partial charge in [-0.3, -0.25) is 0 Å². The fourth-order valence-electron chi connectivity index (χ4n) is 4.19. The number of fused-ring (bicyclic) bond motifs is 1. The number of phenolic OH excluding ortho intramolecular Hbond substituents is 1. The number of halogens is 1. The van der Waals surface area contributed by atoms with Crippen molar-refractivity contribution >= 4 is 22.9 Å². The molecule has 0 amide bonds. The van der Waals surface area contributed by atoms with Crippen LogP contribution in [0.25, 0.3) is 11.1 Å². The third-order valence-electron chi connectivity index (χ3n) is 5.87. The summed E-state index contributed by atoms with van der Waals surface area (Å²) in [6, 6.07) is 19.0. The predicted molar refractivity (Wildman–Crippen MR) is 148 cm³/mol. The van der Waals surface area contributed by atoms with E-state index in [4.69, 9.17) is 4.74 Å². The van der Waals surface area contributed by atoms with Crippen molar-refractivity contribution in [2.75, 3.05) is 5.75 Å². The maximum atomic E-state index is 15.0. The van der Waals surface area contributed by atoms with Crippen LogP contribution in [0.4, 0.5) is 4.39 Å². The Balaban J connectivity index is 0.00000108. The minimum absolute atomic E-state index is 0.203. The first-order valence-electron chi connectivity index (χ1n) is 12.6. The van der Waals surface area contributed by atoms with Gasteiger partial charge in [0.1, 0.15) is 17.3 Å². The van der Waals surface area contributed by atoms with Crippen LogP contribution >= 0.6 is 11.8 Å². The van der Waals surface area contributed by atoms with Gasteiger partial charge < -0.3 is 9.84 Å². The summed E-state index contributed by atoms with van der Waals surface area (Å²) in [5, 5.41) is 9.98. The Morgan fingerprint density at radius 1 is 0.943 bits per heavy atom. The molecule has 1 N–H and O–H groups in total. The minimum atomic E-state index is -0.203. The first-order valence-corrected chi connectivity index (χ1v) is 13.6. The standard InChI is InChI=1S/C28H29FO2S.C3H8/c1-4-6-21(5-2)31-22-11-8-19(9-12-22)28-24-14-10-20(30)16-27(24)32-17-25(28)23-13-7-18(3)15-26(23)29;1-3-2/h7-16,21,30H,4-6,17H2,1-3H3;3H2,1-2H3. The van der Waals surface area contributed by atoms with E-state index in [2.05, 4.69) is 39.8 Å². The fraction of sp³-hybridized carbons (Fsp3) is 0.355. The molecule has 4 heteroatoms. The van der Waals surface area contributed by atoms with Crippen LogP contribution in [0.2, 0.25) is 0 Å². The van der Waals surface area contributed by atoms with E-state index in [1.807, 2.05) is 37.3 Å². The summed E-state index contributed by atoms with van der Waals surface area (Å²) in [7, 11) is 0. The second-order valence-electron chi connectivity index (χ2n) is 8.97. The van der Waals surface area contributed by atoms with Gasteiger partial charge in [-0.25, -0.2) is 4.39 Å². The van der Waals surface area contributed by atoms with Crippen LogP contribution in [-0.2, 0) is 0 Å². The molecule has 0 aromatic heterocycles. The Labute approximate surface area is 214 Å². The lowest BCUT2D eigenvalue weighted by molar-refractivity contribution is 0.186. The lowest BCUT2D eigenvalue weighted by atomic mass is 9.89. The van der Waals surface area contributed by atoms with Crippen molar-refractivity contribution in [2.24, 2.45) is 0 Å². The number of rotatable bonds is 7. The molecule has 0 fully saturated rings. The lowest BCUT2D eigenvalue weighted by Gasteiger charge is -2.25. The minimum Gasteiger partial charge on any atom is -0.508 e. The highest BCUT2D eigenvalue weighted by Gasteiger charge is 2.24. The van der Waals surface area contributed by atoms with E-state index < -0.39 is 0 Å². The van der Waals surface area contributed by atoms with E-state index in [1.165, 1.54) is 6.42 Å². The van der Waals surface area contributed by atoms with Gasteiger partial charge in [0.15, 0.2) is 0 Å². The summed E-state index contributed by atoms with van der Waals surface area (Å²) in [6.07, 6.45) is 4.58. The Hall–Kier alpha value is -2.72. The molecule has 3 aromatic carbocycles. The monoisotopic (exact) mass is 492 g/mol. The zero-order valence-corrected chi connectivity index (χ0v) is 22.3. The van der Waals surface area contributed by atoms with E-state index in [9.17, 15) is 9.50 Å².